The predicted octanol–water partition coefficient (Wildman–Crippen LogP) is 5.49. The van der Waals surface area contributed by atoms with Gasteiger partial charge in [0, 0.05) is 5.88 Å². The molecule has 0 spiro atoms. The van der Waals surface area contributed by atoms with Gasteiger partial charge in [0.15, 0.2) is 0 Å². The van der Waals surface area contributed by atoms with Crippen LogP contribution in [0, 0.1) is 0 Å². The zero-order valence-electron chi connectivity index (χ0n) is 10.6. The molecule has 0 heterocycles. The molecule has 0 saturated heterocycles. The van der Waals surface area contributed by atoms with E-state index in [-0.39, 0.29) is 12.3 Å². The van der Waals surface area contributed by atoms with Crippen molar-refractivity contribution in [3.8, 4) is 0 Å². The Labute approximate surface area is 102 Å². The van der Waals surface area contributed by atoms with Crippen LogP contribution >= 0.6 is 11.6 Å². The van der Waals surface area contributed by atoms with E-state index in [1.54, 1.807) is 0 Å². The van der Waals surface area contributed by atoms with E-state index in [1.807, 2.05) is 0 Å². The summed E-state index contributed by atoms with van der Waals surface area (Å²) in [7, 11) is 0. The van der Waals surface area contributed by atoms with E-state index in [4.69, 9.17) is 11.6 Å². The minimum Gasteiger partial charge on any atom is -0.344 e. The fraction of sp³-hybridized carbons (Fsp3) is 0.833. The molecule has 0 atom stereocenters. The third-order valence-corrected chi connectivity index (χ3v) is 2.25. The van der Waals surface area contributed by atoms with Crippen LogP contribution in [0.4, 0.5) is 0 Å². The number of hydrogen-bond acceptors (Lipinski definition) is 2. The summed E-state index contributed by atoms with van der Waals surface area (Å²) < 4.78 is 0. The van der Waals surface area contributed by atoms with Gasteiger partial charge in [-0.25, -0.2) is 0 Å². The Hall–Kier alpha value is -0.0500. The van der Waals surface area contributed by atoms with Gasteiger partial charge in [-0.3, -0.25) is 0 Å². The van der Waals surface area contributed by atoms with Gasteiger partial charge in [0.2, 0.25) is 0 Å². The smallest absolute Gasteiger partial charge is 0.0223 e. The Bertz CT molecular complexity index is 72.0. The number of unbranched alkanes of at least 4 members (excludes halogenated alkanes) is 7. The van der Waals surface area contributed by atoms with Crippen molar-refractivity contribution in [3.63, 3.8) is 0 Å². The van der Waals surface area contributed by atoms with Crippen LogP contribution in [0.1, 0.15) is 58.3 Å². The quantitative estimate of drug-likeness (QED) is 0.333. The lowest BCUT2D eigenvalue weighted by molar-refractivity contribution is 0.586. The molecular weight excluding hydrogens is 208 g/mol. The molecule has 0 fully saturated rings. The molecule has 0 aliphatic rings. The molecule has 0 amide bonds. The van der Waals surface area contributed by atoms with Gasteiger partial charge in [-0.15, -0.1) is 24.8 Å². The van der Waals surface area contributed by atoms with Gasteiger partial charge in [0.25, 0.3) is 0 Å². The summed E-state index contributed by atoms with van der Waals surface area (Å²) in [5.74, 6) is 0.842. The van der Waals surface area contributed by atoms with E-state index >= 15 is 0 Å². The lowest BCUT2D eigenvalue weighted by Crippen LogP contribution is -1.80. The molecule has 0 aliphatic carbocycles. The Morgan fingerprint density at radius 2 is 1.07 bits per heavy atom. The molecule has 0 rings (SSSR count). The van der Waals surface area contributed by atoms with E-state index in [2.05, 4.69) is 20.1 Å². The van der Waals surface area contributed by atoms with Crippen LogP contribution < -0.4 is 12.3 Å². The van der Waals surface area contributed by atoms with Gasteiger partial charge in [0.05, 0.1) is 0 Å². The standard InChI is InChI=1S/C10H21Cl.C2H4.2H3N/c1-2-3-4-5-6-7-8-9-10-11;1-2;;/h2-10H2,1H3;1-2H2;2*1H3. The van der Waals surface area contributed by atoms with Crippen LogP contribution in [-0.2, 0) is 0 Å². The zero-order chi connectivity index (χ0) is 10.4. The summed E-state index contributed by atoms with van der Waals surface area (Å²) >= 11 is 5.56. The summed E-state index contributed by atoms with van der Waals surface area (Å²) in [6, 6.07) is 0. The summed E-state index contributed by atoms with van der Waals surface area (Å²) in [5, 5.41) is 0. The molecule has 0 aliphatic heterocycles. The van der Waals surface area contributed by atoms with E-state index in [9.17, 15) is 0 Å². The average molecular weight is 239 g/mol. The van der Waals surface area contributed by atoms with Crippen LogP contribution in [0.5, 0.6) is 0 Å². The van der Waals surface area contributed by atoms with Crippen molar-refractivity contribution in [2.45, 2.75) is 58.3 Å². The first kappa shape index (κ1) is 24.3. The average Bonchev–Trinajstić information content (AvgIpc) is 2.20. The van der Waals surface area contributed by atoms with E-state index < -0.39 is 0 Å². The van der Waals surface area contributed by atoms with Gasteiger partial charge >= 0.3 is 0 Å². The minimum atomic E-state index is 0. The van der Waals surface area contributed by atoms with Gasteiger partial charge in [-0.1, -0.05) is 51.9 Å². The van der Waals surface area contributed by atoms with Crippen molar-refractivity contribution in [2.24, 2.45) is 0 Å². The van der Waals surface area contributed by atoms with E-state index in [0.717, 1.165) is 5.88 Å². The maximum Gasteiger partial charge on any atom is 0.0223 e. The topological polar surface area (TPSA) is 70.0 Å². The lowest BCUT2D eigenvalue weighted by atomic mass is 10.1. The monoisotopic (exact) mass is 238 g/mol. The SMILES string of the molecule is C=C.CCCCCCCCCCCl.N.N. The number of rotatable bonds is 8. The van der Waals surface area contributed by atoms with Gasteiger partial charge in [-0.05, 0) is 6.42 Å². The molecule has 2 nitrogen and oxygen atoms in total. The molecule has 0 aromatic rings. The molecule has 6 N–H and O–H groups in total. The molecule has 0 radical (unpaired) electrons. The Kier molecular flexibility index (Phi) is 47.2. The van der Waals surface area contributed by atoms with Crippen LogP contribution in [0.15, 0.2) is 13.2 Å². The molecule has 0 aromatic heterocycles. The van der Waals surface area contributed by atoms with Gasteiger partial charge < -0.3 is 12.3 Å². The second-order valence-corrected chi connectivity index (χ2v) is 3.54. The molecule has 96 valence electrons. The maximum atomic E-state index is 5.56. The summed E-state index contributed by atoms with van der Waals surface area (Å²) in [6.07, 6.45) is 10.9. The molecule has 0 bridgehead atoms. The van der Waals surface area contributed by atoms with Crippen molar-refractivity contribution in [1.82, 2.24) is 12.3 Å². The first-order valence-corrected chi connectivity index (χ1v) is 6.01. The highest BCUT2D eigenvalue weighted by atomic mass is 35.5. The third kappa shape index (κ3) is 31.5. The van der Waals surface area contributed by atoms with Crippen molar-refractivity contribution in [1.29, 1.82) is 0 Å². The van der Waals surface area contributed by atoms with Crippen LogP contribution in [-0.4, -0.2) is 5.88 Å². The fourth-order valence-electron chi connectivity index (χ4n) is 1.23. The second-order valence-electron chi connectivity index (χ2n) is 3.16. The highest BCUT2D eigenvalue weighted by molar-refractivity contribution is 6.17. The van der Waals surface area contributed by atoms with Crippen molar-refractivity contribution in [3.05, 3.63) is 13.2 Å². The zero-order valence-corrected chi connectivity index (χ0v) is 11.3. The van der Waals surface area contributed by atoms with Gasteiger partial charge in [-0.2, -0.15) is 0 Å². The van der Waals surface area contributed by atoms with Crippen molar-refractivity contribution in [2.75, 3.05) is 5.88 Å². The number of halogens is 1. The first-order valence-electron chi connectivity index (χ1n) is 5.47. The third-order valence-electron chi connectivity index (χ3n) is 1.99. The molecule has 15 heavy (non-hydrogen) atoms. The second kappa shape index (κ2) is 29.2. The van der Waals surface area contributed by atoms with Crippen molar-refractivity contribution >= 4 is 11.6 Å². The molecule has 0 saturated carbocycles. The summed E-state index contributed by atoms with van der Waals surface area (Å²) in [4.78, 5) is 0. The highest BCUT2D eigenvalue weighted by Crippen LogP contribution is 2.08. The predicted molar refractivity (Wildman–Crippen MR) is 74.6 cm³/mol. The molecular formula is C12H31ClN2. The Balaban J connectivity index is -0.000000142. The molecule has 0 unspecified atom stereocenters. The molecule has 0 aromatic carbocycles. The summed E-state index contributed by atoms with van der Waals surface area (Å²) in [5.41, 5.74) is 0. The maximum absolute atomic E-state index is 5.56. The van der Waals surface area contributed by atoms with Gasteiger partial charge in [0.1, 0.15) is 0 Å². The summed E-state index contributed by atoms with van der Waals surface area (Å²) in [6.45, 7) is 8.26. The minimum absolute atomic E-state index is 0. The van der Waals surface area contributed by atoms with Crippen LogP contribution in [0.25, 0.3) is 0 Å². The Morgan fingerprint density at radius 3 is 1.40 bits per heavy atom. The largest absolute Gasteiger partial charge is 0.344 e. The van der Waals surface area contributed by atoms with Crippen LogP contribution in [0.2, 0.25) is 0 Å². The molecule has 3 heteroatoms. The van der Waals surface area contributed by atoms with Crippen LogP contribution in [0.3, 0.4) is 0 Å². The van der Waals surface area contributed by atoms with E-state index in [1.165, 1.54) is 51.4 Å². The number of hydrogen-bond donors (Lipinski definition) is 2. The first-order chi connectivity index (χ1) is 6.41. The highest BCUT2D eigenvalue weighted by Gasteiger charge is 1.89. The lowest BCUT2D eigenvalue weighted by Gasteiger charge is -1.98. The number of alkyl halides is 1. The normalized spacial score (nSPS) is 7.87. The van der Waals surface area contributed by atoms with E-state index in [0.29, 0.717) is 0 Å². The fourth-order valence-corrected chi connectivity index (χ4v) is 1.42. The van der Waals surface area contributed by atoms with Crippen molar-refractivity contribution < 1.29 is 0 Å². The Morgan fingerprint density at radius 1 is 0.733 bits per heavy atom.